The van der Waals surface area contributed by atoms with Gasteiger partial charge in [0.05, 0.1) is 7.11 Å². The van der Waals surface area contributed by atoms with Crippen LogP contribution in [0.4, 0.5) is 0 Å². The number of hydrogen-bond donors (Lipinski definition) is 3. The molecule has 0 bridgehead atoms. The molecule has 0 unspecified atom stereocenters. The van der Waals surface area contributed by atoms with Gasteiger partial charge in [-0.25, -0.2) is 0 Å². The van der Waals surface area contributed by atoms with Gasteiger partial charge in [0.25, 0.3) is 0 Å². The summed E-state index contributed by atoms with van der Waals surface area (Å²) in [7, 11) is -3.34. The Hall–Kier alpha value is -1.48. The lowest BCUT2D eigenvalue weighted by molar-refractivity contribution is -0.142. The zero-order chi connectivity index (χ0) is 13.5. The Morgan fingerprint density at radius 2 is 1.71 bits per heavy atom. The number of nitrogens with two attached hydrogens (primary N) is 1. The summed E-state index contributed by atoms with van der Waals surface area (Å²) in [5, 5.41) is 0. The summed E-state index contributed by atoms with van der Waals surface area (Å²) in [6.45, 7) is 0. The maximum Gasteiger partial charge on any atom is 0.394 e. The number of methoxy groups -OCH3 is 1. The molecule has 0 heterocycles. The van der Waals surface area contributed by atoms with Gasteiger partial charge in [0.1, 0.15) is 6.04 Å². The Kier molecular flexibility index (Phi) is 6.36. The first-order valence-electron chi connectivity index (χ1n) is 4.34. The molecule has 0 saturated carbocycles. The maximum absolute atomic E-state index is 11.0. The van der Waals surface area contributed by atoms with Gasteiger partial charge >= 0.3 is 16.4 Å². The van der Waals surface area contributed by atoms with Crippen LogP contribution in [0.2, 0.25) is 0 Å². The minimum Gasteiger partial charge on any atom is -0.468 e. The highest BCUT2D eigenvalue weighted by Gasteiger charge is 2.14. The predicted molar refractivity (Wildman–Crippen MR) is 59.6 cm³/mol. The third kappa shape index (κ3) is 8.34. The van der Waals surface area contributed by atoms with E-state index in [0.717, 1.165) is 5.56 Å². The standard InChI is InChI=1S/C9H11NO2.H2O4S/c1-12-9(11)8(10)7-5-3-2-4-6-7;1-5(2,3)4/h2-6,8H,10H2,1H3;(H2,1,2,3,4)/t8-;/m1./s1. The van der Waals surface area contributed by atoms with Crippen LogP contribution in [0, 0.1) is 0 Å². The molecule has 0 radical (unpaired) electrons. The third-order valence-electron chi connectivity index (χ3n) is 1.61. The number of benzene rings is 1. The highest BCUT2D eigenvalue weighted by molar-refractivity contribution is 7.79. The van der Waals surface area contributed by atoms with Crippen LogP contribution in [-0.4, -0.2) is 30.6 Å². The molecule has 0 saturated heterocycles. The number of hydrogen-bond acceptors (Lipinski definition) is 5. The van der Waals surface area contributed by atoms with Crippen molar-refractivity contribution in [2.75, 3.05) is 7.11 Å². The molecule has 1 atom stereocenters. The predicted octanol–water partition coefficient (Wildman–Crippen LogP) is 0.207. The van der Waals surface area contributed by atoms with Crippen molar-refractivity contribution < 1.29 is 27.1 Å². The monoisotopic (exact) mass is 263 g/mol. The first-order valence-corrected chi connectivity index (χ1v) is 5.73. The van der Waals surface area contributed by atoms with E-state index in [4.69, 9.17) is 23.3 Å². The topological polar surface area (TPSA) is 127 Å². The summed E-state index contributed by atoms with van der Waals surface area (Å²) in [6, 6.07) is 8.45. The van der Waals surface area contributed by atoms with Gasteiger partial charge in [-0.15, -0.1) is 0 Å². The molecule has 1 rings (SSSR count). The number of carbonyl (C=O) groups excluding carboxylic acids is 1. The smallest absolute Gasteiger partial charge is 0.394 e. The van der Waals surface area contributed by atoms with Crippen LogP contribution < -0.4 is 5.73 Å². The quantitative estimate of drug-likeness (QED) is 0.514. The minimum atomic E-state index is -4.67. The Morgan fingerprint density at radius 3 is 2.06 bits per heavy atom. The lowest BCUT2D eigenvalue weighted by atomic mass is 10.1. The first-order chi connectivity index (χ1) is 7.75. The number of ether oxygens (including phenoxy) is 1. The summed E-state index contributed by atoms with van der Waals surface area (Å²) in [5.41, 5.74) is 6.34. The van der Waals surface area contributed by atoms with Crippen molar-refractivity contribution in [2.45, 2.75) is 6.04 Å². The summed E-state index contributed by atoms with van der Waals surface area (Å²) >= 11 is 0. The molecule has 17 heavy (non-hydrogen) atoms. The largest absolute Gasteiger partial charge is 0.468 e. The second-order valence-electron chi connectivity index (χ2n) is 2.86. The molecule has 7 nitrogen and oxygen atoms in total. The van der Waals surface area contributed by atoms with Crippen LogP contribution in [0.15, 0.2) is 30.3 Å². The van der Waals surface area contributed by atoms with E-state index in [0.29, 0.717) is 0 Å². The van der Waals surface area contributed by atoms with E-state index >= 15 is 0 Å². The van der Waals surface area contributed by atoms with Gasteiger partial charge in [-0.3, -0.25) is 13.9 Å². The van der Waals surface area contributed by atoms with E-state index in [1.165, 1.54) is 7.11 Å². The summed E-state index contributed by atoms with van der Waals surface area (Å²) in [4.78, 5) is 11.0. The number of carbonyl (C=O) groups is 1. The van der Waals surface area contributed by atoms with Gasteiger partial charge < -0.3 is 10.5 Å². The van der Waals surface area contributed by atoms with Crippen LogP contribution >= 0.6 is 0 Å². The molecule has 0 amide bonds. The van der Waals surface area contributed by atoms with E-state index in [2.05, 4.69) is 4.74 Å². The Morgan fingerprint density at radius 1 is 1.29 bits per heavy atom. The van der Waals surface area contributed by atoms with Crippen molar-refractivity contribution in [1.82, 2.24) is 0 Å². The van der Waals surface area contributed by atoms with E-state index in [9.17, 15) is 4.79 Å². The molecule has 0 aliphatic rings. The molecular formula is C9H13NO6S. The van der Waals surface area contributed by atoms with Gasteiger partial charge in [-0.05, 0) is 5.56 Å². The fraction of sp³-hybridized carbons (Fsp3) is 0.222. The lowest BCUT2D eigenvalue weighted by Gasteiger charge is -2.08. The normalized spacial score (nSPS) is 12.0. The maximum atomic E-state index is 11.0. The van der Waals surface area contributed by atoms with Crippen LogP contribution in [-0.2, 0) is 19.9 Å². The molecule has 0 aliphatic carbocycles. The molecule has 1 aromatic carbocycles. The Bertz CT molecular complexity index is 436. The van der Waals surface area contributed by atoms with Crippen molar-refractivity contribution >= 4 is 16.4 Å². The fourth-order valence-corrected chi connectivity index (χ4v) is 0.923. The van der Waals surface area contributed by atoms with Crippen LogP contribution in [0.5, 0.6) is 0 Å². The van der Waals surface area contributed by atoms with Crippen molar-refractivity contribution in [3.8, 4) is 0 Å². The summed E-state index contributed by atoms with van der Waals surface area (Å²) < 4.78 is 36.1. The zero-order valence-electron chi connectivity index (χ0n) is 8.98. The van der Waals surface area contributed by atoms with Crippen molar-refractivity contribution in [3.63, 3.8) is 0 Å². The summed E-state index contributed by atoms with van der Waals surface area (Å²) in [6.07, 6.45) is 0. The van der Waals surface area contributed by atoms with Crippen molar-refractivity contribution in [3.05, 3.63) is 35.9 Å². The summed E-state index contributed by atoms with van der Waals surface area (Å²) in [5.74, 6) is -0.416. The molecule has 8 heteroatoms. The lowest BCUT2D eigenvalue weighted by Crippen LogP contribution is -2.22. The van der Waals surface area contributed by atoms with Gasteiger partial charge in [0, 0.05) is 0 Å². The highest BCUT2D eigenvalue weighted by atomic mass is 32.3. The molecule has 0 fully saturated rings. The highest BCUT2D eigenvalue weighted by Crippen LogP contribution is 2.09. The molecular weight excluding hydrogens is 250 g/mol. The molecule has 4 N–H and O–H groups in total. The number of rotatable bonds is 2. The van der Waals surface area contributed by atoms with E-state index in [1.54, 1.807) is 12.1 Å². The molecule has 1 aromatic rings. The third-order valence-corrected chi connectivity index (χ3v) is 1.61. The SMILES string of the molecule is COC(=O)[C@H](N)c1ccccc1.O=S(=O)(O)O. The fourth-order valence-electron chi connectivity index (χ4n) is 0.923. The van der Waals surface area contributed by atoms with Crippen LogP contribution in [0.1, 0.15) is 11.6 Å². The zero-order valence-corrected chi connectivity index (χ0v) is 9.79. The average molecular weight is 263 g/mol. The number of esters is 1. The van der Waals surface area contributed by atoms with Gasteiger partial charge in [0.2, 0.25) is 0 Å². The first kappa shape index (κ1) is 15.5. The Labute approximate surface area is 98.8 Å². The second kappa shape index (κ2) is 6.97. The molecule has 0 aliphatic heterocycles. The molecule has 0 spiro atoms. The van der Waals surface area contributed by atoms with Crippen LogP contribution in [0.3, 0.4) is 0 Å². The van der Waals surface area contributed by atoms with Gasteiger partial charge in [-0.1, -0.05) is 30.3 Å². The molecule has 0 aromatic heterocycles. The second-order valence-corrected chi connectivity index (χ2v) is 3.76. The van der Waals surface area contributed by atoms with Crippen molar-refractivity contribution in [2.24, 2.45) is 5.73 Å². The van der Waals surface area contributed by atoms with Gasteiger partial charge in [0.15, 0.2) is 0 Å². The minimum absolute atomic E-state index is 0.416. The van der Waals surface area contributed by atoms with Crippen LogP contribution in [0.25, 0.3) is 0 Å². The van der Waals surface area contributed by atoms with E-state index in [1.807, 2.05) is 18.2 Å². The van der Waals surface area contributed by atoms with Gasteiger partial charge in [-0.2, -0.15) is 8.42 Å². The van der Waals surface area contributed by atoms with E-state index < -0.39 is 22.4 Å². The van der Waals surface area contributed by atoms with E-state index in [-0.39, 0.29) is 0 Å². The van der Waals surface area contributed by atoms with Crippen molar-refractivity contribution in [1.29, 1.82) is 0 Å². The molecule has 96 valence electrons. The average Bonchev–Trinajstić information content (AvgIpc) is 2.26. The Balaban J connectivity index is 0.000000437.